The van der Waals surface area contributed by atoms with Gasteiger partial charge < -0.3 is 20.4 Å². The van der Waals surface area contributed by atoms with Crippen LogP contribution in [0.15, 0.2) is 0 Å². The maximum atomic E-state index is 9.84. The summed E-state index contributed by atoms with van der Waals surface area (Å²) >= 11 is 0. The summed E-state index contributed by atoms with van der Waals surface area (Å²) in [6.07, 6.45) is 5.07. The molecule has 5 nitrogen and oxygen atoms in total. The monoisotopic (exact) mass is 275 g/mol. The minimum Gasteiger partial charge on any atom is -0.395 e. The fourth-order valence-electron chi connectivity index (χ4n) is 2.93. The van der Waals surface area contributed by atoms with Crippen LogP contribution in [0.2, 0.25) is 0 Å². The van der Waals surface area contributed by atoms with Crippen molar-refractivity contribution in [3.63, 3.8) is 0 Å². The van der Waals surface area contributed by atoms with E-state index >= 15 is 0 Å². The molecule has 1 fully saturated rings. The maximum absolute atomic E-state index is 9.84. The molecule has 0 aromatic rings. The second-order valence-corrected chi connectivity index (χ2v) is 5.49. The Morgan fingerprint density at radius 2 is 1.26 bits per heavy atom. The Bertz CT molecular complexity index is 223. The summed E-state index contributed by atoms with van der Waals surface area (Å²) in [5.41, 5.74) is 0. The average Bonchev–Trinajstić information content (AvgIpc) is 2.65. The molecule has 1 unspecified atom stereocenters. The number of hydrogen-bond donors (Lipinski definition) is 4. The molecule has 1 aliphatic rings. The number of aliphatic hydroxyl groups excluding tert-OH is 4. The normalized spacial score (nSPS) is 32.1. The summed E-state index contributed by atoms with van der Waals surface area (Å²) in [6.45, 7) is 2.51. The summed E-state index contributed by atoms with van der Waals surface area (Å²) in [4.78, 5) is 1.86. The van der Waals surface area contributed by atoms with Crippen LogP contribution in [0.4, 0.5) is 0 Å². The number of unbranched alkanes of at least 4 members (excludes halogenated alkanes) is 5. The van der Waals surface area contributed by atoms with Crippen LogP contribution in [0.1, 0.15) is 45.4 Å². The van der Waals surface area contributed by atoms with E-state index in [2.05, 4.69) is 6.92 Å². The van der Waals surface area contributed by atoms with Gasteiger partial charge in [0.1, 0.15) is 0 Å². The largest absolute Gasteiger partial charge is 0.395 e. The van der Waals surface area contributed by atoms with Crippen LogP contribution < -0.4 is 0 Å². The molecule has 0 aliphatic carbocycles. The second kappa shape index (κ2) is 8.87. The first-order valence-electron chi connectivity index (χ1n) is 7.51. The fourth-order valence-corrected chi connectivity index (χ4v) is 2.93. The van der Waals surface area contributed by atoms with Crippen molar-refractivity contribution in [1.82, 2.24) is 4.90 Å². The lowest BCUT2D eigenvalue weighted by Crippen LogP contribution is -2.43. The van der Waals surface area contributed by atoms with Gasteiger partial charge in [-0.15, -0.1) is 0 Å². The molecule has 0 spiro atoms. The van der Waals surface area contributed by atoms with Crippen molar-refractivity contribution in [1.29, 1.82) is 0 Å². The summed E-state index contributed by atoms with van der Waals surface area (Å²) in [6, 6.07) is -0.911. The number of hydrogen-bond acceptors (Lipinski definition) is 5. The van der Waals surface area contributed by atoms with E-state index in [1.165, 1.54) is 25.7 Å². The quantitative estimate of drug-likeness (QED) is 0.449. The van der Waals surface area contributed by atoms with Gasteiger partial charge in [-0.2, -0.15) is 0 Å². The van der Waals surface area contributed by atoms with Crippen molar-refractivity contribution in [2.24, 2.45) is 0 Å². The van der Waals surface area contributed by atoms with Crippen molar-refractivity contribution in [2.75, 3.05) is 19.8 Å². The molecular formula is C14H29NO4. The van der Waals surface area contributed by atoms with Gasteiger partial charge in [-0.05, 0) is 13.0 Å². The molecule has 0 aromatic heterocycles. The number of nitrogens with zero attached hydrogens (tertiary/aromatic N) is 1. The predicted octanol–water partition coefficient (Wildman–Crippen LogP) is 0.106. The van der Waals surface area contributed by atoms with Crippen LogP contribution in [0, 0.1) is 0 Å². The topological polar surface area (TPSA) is 84.2 Å². The van der Waals surface area contributed by atoms with E-state index in [4.69, 9.17) is 0 Å². The summed E-state index contributed by atoms with van der Waals surface area (Å²) < 4.78 is 0. The third-order valence-corrected chi connectivity index (χ3v) is 4.13. The first kappa shape index (κ1) is 16.9. The van der Waals surface area contributed by atoms with Gasteiger partial charge in [0.25, 0.3) is 0 Å². The lowest BCUT2D eigenvalue weighted by Gasteiger charge is -2.28. The Balaban J connectivity index is 2.36. The molecule has 5 heteroatoms. The molecule has 0 amide bonds. The molecule has 1 rings (SSSR count). The lowest BCUT2D eigenvalue weighted by molar-refractivity contribution is 0.0130. The van der Waals surface area contributed by atoms with Gasteiger partial charge >= 0.3 is 0 Å². The van der Waals surface area contributed by atoms with Gasteiger partial charge in [-0.25, -0.2) is 0 Å². The van der Waals surface area contributed by atoms with E-state index in [-0.39, 0.29) is 13.2 Å². The maximum Gasteiger partial charge on any atom is 0.0992 e. The molecule has 1 aliphatic heterocycles. The van der Waals surface area contributed by atoms with Crippen molar-refractivity contribution in [2.45, 2.75) is 69.7 Å². The molecule has 0 aromatic carbocycles. The Kier molecular flexibility index (Phi) is 7.87. The van der Waals surface area contributed by atoms with Gasteiger partial charge in [0, 0.05) is 0 Å². The van der Waals surface area contributed by atoms with Crippen LogP contribution >= 0.6 is 0 Å². The number of aliphatic hydroxyl groups is 4. The highest BCUT2D eigenvalue weighted by Gasteiger charge is 2.46. The van der Waals surface area contributed by atoms with E-state index in [9.17, 15) is 20.4 Å². The van der Waals surface area contributed by atoms with Gasteiger partial charge in [0.05, 0.1) is 37.5 Å². The smallest absolute Gasteiger partial charge is 0.0992 e. The first-order valence-corrected chi connectivity index (χ1v) is 7.51. The predicted molar refractivity (Wildman–Crippen MR) is 73.8 cm³/mol. The Morgan fingerprint density at radius 3 is 1.74 bits per heavy atom. The summed E-state index contributed by atoms with van der Waals surface area (Å²) in [5.74, 6) is 0. The average molecular weight is 275 g/mol. The van der Waals surface area contributed by atoms with Gasteiger partial charge in [-0.1, -0.05) is 39.0 Å². The van der Waals surface area contributed by atoms with E-state index in [1.807, 2.05) is 4.90 Å². The molecule has 0 saturated carbocycles. The minimum absolute atomic E-state index is 0.190. The highest BCUT2D eigenvalue weighted by molar-refractivity contribution is 5.00. The molecule has 4 atom stereocenters. The van der Waals surface area contributed by atoms with Crippen LogP contribution in [-0.2, 0) is 0 Å². The Morgan fingerprint density at radius 1 is 0.789 bits per heavy atom. The van der Waals surface area contributed by atoms with Crippen molar-refractivity contribution < 1.29 is 20.4 Å². The molecule has 19 heavy (non-hydrogen) atoms. The molecule has 114 valence electrons. The second-order valence-electron chi connectivity index (χ2n) is 5.49. The minimum atomic E-state index is -0.970. The van der Waals surface area contributed by atoms with Gasteiger partial charge in [-0.3, -0.25) is 4.90 Å². The standard InChI is InChI=1S/C14H29NO4/c1-2-3-4-5-6-7-8-15-11(9-16)13(18)14(19)12(15)10-17/h11-14,16-19H,2-10H2,1H3/t11-,12?,13+,14+/m1/s1. The van der Waals surface area contributed by atoms with E-state index in [1.54, 1.807) is 0 Å². The molecular weight excluding hydrogens is 246 g/mol. The summed E-state index contributed by atoms with van der Waals surface area (Å²) in [7, 11) is 0. The zero-order valence-electron chi connectivity index (χ0n) is 11.9. The molecule has 0 radical (unpaired) electrons. The lowest BCUT2D eigenvalue weighted by atomic mass is 10.1. The van der Waals surface area contributed by atoms with Crippen molar-refractivity contribution in [3.8, 4) is 0 Å². The SMILES string of the molecule is CCCCCCCCN1C(CO)[C@H](O)[C@@H](O)[C@H]1CO. The number of likely N-dealkylation sites (tertiary alicyclic amines) is 1. The van der Waals surface area contributed by atoms with Crippen LogP contribution in [-0.4, -0.2) is 69.4 Å². The molecule has 4 N–H and O–H groups in total. The zero-order chi connectivity index (χ0) is 14.3. The van der Waals surface area contributed by atoms with Crippen LogP contribution in [0.5, 0.6) is 0 Å². The van der Waals surface area contributed by atoms with E-state index in [0.717, 1.165) is 12.8 Å². The molecule has 1 heterocycles. The number of rotatable bonds is 9. The summed E-state index contributed by atoms with van der Waals surface area (Å²) in [5, 5.41) is 38.3. The zero-order valence-corrected chi connectivity index (χ0v) is 11.9. The van der Waals surface area contributed by atoms with Crippen LogP contribution in [0.25, 0.3) is 0 Å². The third-order valence-electron chi connectivity index (χ3n) is 4.13. The third kappa shape index (κ3) is 4.39. The highest BCUT2D eigenvalue weighted by Crippen LogP contribution is 2.25. The Labute approximate surface area is 115 Å². The fraction of sp³-hybridized carbons (Fsp3) is 1.00. The van der Waals surface area contributed by atoms with Gasteiger partial charge in [0.15, 0.2) is 0 Å². The van der Waals surface area contributed by atoms with Gasteiger partial charge in [0.2, 0.25) is 0 Å². The van der Waals surface area contributed by atoms with E-state index < -0.39 is 24.3 Å². The van der Waals surface area contributed by atoms with Crippen molar-refractivity contribution >= 4 is 0 Å². The molecule has 0 bridgehead atoms. The first-order chi connectivity index (χ1) is 9.17. The van der Waals surface area contributed by atoms with E-state index in [0.29, 0.717) is 6.54 Å². The van der Waals surface area contributed by atoms with Crippen molar-refractivity contribution in [3.05, 3.63) is 0 Å². The molecule has 1 saturated heterocycles. The Hall–Kier alpha value is -0.200. The van der Waals surface area contributed by atoms with Crippen LogP contribution in [0.3, 0.4) is 0 Å². The highest BCUT2D eigenvalue weighted by atomic mass is 16.3.